The molecule has 0 aliphatic carbocycles. The van der Waals surface area contributed by atoms with Gasteiger partial charge < -0.3 is 10.1 Å². The number of halogens is 1. The largest absolute Gasteiger partial charge is 0.444 e. The summed E-state index contributed by atoms with van der Waals surface area (Å²) in [7, 11) is 0. The first-order valence-corrected chi connectivity index (χ1v) is 7.35. The van der Waals surface area contributed by atoms with Crippen LogP contribution < -0.4 is 10.8 Å². The van der Waals surface area contributed by atoms with E-state index >= 15 is 0 Å². The quantitative estimate of drug-likeness (QED) is 0.871. The lowest BCUT2D eigenvalue weighted by molar-refractivity contribution is 0.0353. The van der Waals surface area contributed by atoms with E-state index in [1.807, 2.05) is 39.0 Å². The van der Waals surface area contributed by atoms with Crippen LogP contribution in [0.1, 0.15) is 26.5 Å². The fourth-order valence-electron chi connectivity index (χ4n) is 1.66. The number of alkyl carbamates (subject to hydrolysis) is 1. The average molecular weight is 356 g/mol. The van der Waals surface area contributed by atoms with Crippen molar-refractivity contribution in [3.8, 4) is 0 Å². The molecule has 114 valence electrons. The zero-order valence-electron chi connectivity index (χ0n) is 12.1. The second-order valence-corrected chi connectivity index (χ2v) is 6.50. The lowest BCUT2D eigenvalue weighted by Gasteiger charge is -2.20. The van der Waals surface area contributed by atoms with Crippen molar-refractivity contribution in [2.45, 2.75) is 32.5 Å². The summed E-state index contributed by atoms with van der Waals surface area (Å²) in [6.45, 7) is 5.77. The molecule has 0 saturated carbocycles. The van der Waals surface area contributed by atoms with Crippen molar-refractivity contribution in [1.29, 1.82) is 0 Å². The van der Waals surface area contributed by atoms with Gasteiger partial charge in [0.15, 0.2) is 0 Å². The first kappa shape index (κ1) is 15.8. The zero-order chi connectivity index (χ0) is 15.5. The van der Waals surface area contributed by atoms with Crippen molar-refractivity contribution < 1.29 is 14.4 Å². The minimum atomic E-state index is -0.513. The van der Waals surface area contributed by atoms with Gasteiger partial charge in [0.05, 0.1) is 17.9 Å². The fraction of sp³-hybridized carbons (Fsp3) is 0.429. The molecule has 6 nitrogen and oxygen atoms in total. The number of pyridine rings is 1. The number of carbonyl (C=O) groups is 1. The van der Waals surface area contributed by atoms with Crippen LogP contribution in [-0.2, 0) is 9.57 Å². The monoisotopic (exact) mass is 355 g/mol. The van der Waals surface area contributed by atoms with E-state index in [9.17, 15) is 4.79 Å². The number of rotatable bonds is 3. The van der Waals surface area contributed by atoms with E-state index in [4.69, 9.17) is 9.57 Å². The molecule has 1 unspecified atom stereocenters. The first-order chi connectivity index (χ1) is 9.83. The molecule has 2 heterocycles. The number of hydrogen-bond acceptors (Lipinski definition) is 5. The number of carbonyl (C=O) groups excluding carboxylic acids is 1. The normalized spacial score (nSPS) is 17.9. The maximum Gasteiger partial charge on any atom is 0.407 e. The maximum absolute atomic E-state index is 11.6. The number of hydrogen-bond donors (Lipinski definition) is 2. The highest BCUT2D eigenvalue weighted by atomic mass is 79.9. The van der Waals surface area contributed by atoms with Gasteiger partial charge >= 0.3 is 6.09 Å². The molecule has 7 heteroatoms. The average Bonchev–Trinajstić information content (AvgIpc) is 2.84. The third-order valence-corrected chi connectivity index (χ3v) is 2.99. The van der Waals surface area contributed by atoms with Crippen molar-refractivity contribution in [3.63, 3.8) is 0 Å². The van der Waals surface area contributed by atoms with E-state index in [1.54, 1.807) is 6.20 Å². The van der Waals surface area contributed by atoms with Crippen molar-refractivity contribution >= 4 is 27.7 Å². The molecular weight excluding hydrogens is 338 g/mol. The molecule has 0 bridgehead atoms. The number of nitrogens with zero attached hydrogens (tertiary/aromatic N) is 1. The van der Waals surface area contributed by atoms with Crippen LogP contribution in [0.5, 0.6) is 0 Å². The maximum atomic E-state index is 11.6. The molecule has 0 fully saturated rings. The Balaban J connectivity index is 1.87. The summed E-state index contributed by atoms with van der Waals surface area (Å²) in [5.41, 5.74) is 3.85. The Kier molecular flexibility index (Phi) is 4.84. The van der Waals surface area contributed by atoms with Crippen LogP contribution in [0.25, 0.3) is 5.70 Å². The van der Waals surface area contributed by atoms with Crippen molar-refractivity contribution in [2.75, 3.05) is 6.54 Å². The lowest BCUT2D eigenvalue weighted by Crippen LogP contribution is -2.37. The minimum absolute atomic E-state index is 0.266. The van der Waals surface area contributed by atoms with Gasteiger partial charge in [0, 0.05) is 10.7 Å². The van der Waals surface area contributed by atoms with Gasteiger partial charge in [-0.3, -0.25) is 15.3 Å². The highest BCUT2D eigenvalue weighted by Crippen LogP contribution is 2.18. The third-order valence-electron chi connectivity index (χ3n) is 2.52. The molecule has 1 aliphatic heterocycles. The van der Waals surface area contributed by atoms with Gasteiger partial charge in [-0.15, -0.1) is 0 Å². The summed E-state index contributed by atoms with van der Waals surface area (Å²) in [5.74, 6) is 0. The molecule has 2 rings (SSSR count). The van der Waals surface area contributed by atoms with Crippen molar-refractivity contribution in [3.05, 3.63) is 34.6 Å². The van der Waals surface area contributed by atoms with Crippen molar-refractivity contribution in [1.82, 2.24) is 15.8 Å². The Bertz CT molecular complexity index is 537. The second kappa shape index (κ2) is 6.44. The van der Waals surface area contributed by atoms with E-state index in [2.05, 4.69) is 31.7 Å². The Morgan fingerprint density at radius 1 is 1.52 bits per heavy atom. The molecule has 2 N–H and O–H groups in total. The SMILES string of the molecule is CC(C)(C)OC(=O)NCC1C=C(c2ccc(Br)cn2)NO1. The van der Waals surface area contributed by atoms with E-state index in [-0.39, 0.29) is 6.10 Å². The highest BCUT2D eigenvalue weighted by molar-refractivity contribution is 9.10. The molecular formula is C14H18BrN3O3. The van der Waals surface area contributed by atoms with Crippen LogP contribution in [0.2, 0.25) is 0 Å². The summed E-state index contributed by atoms with van der Waals surface area (Å²) in [5, 5.41) is 2.66. The van der Waals surface area contributed by atoms with Gasteiger partial charge in [-0.25, -0.2) is 4.79 Å². The smallest absolute Gasteiger partial charge is 0.407 e. The molecule has 1 aromatic heterocycles. The predicted octanol–water partition coefficient (Wildman–Crippen LogP) is 2.61. The Hall–Kier alpha value is -1.60. The van der Waals surface area contributed by atoms with Gasteiger partial charge in [0.25, 0.3) is 0 Å². The van der Waals surface area contributed by atoms with Crippen LogP contribution in [-0.4, -0.2) is 29.3 Å². The molecule has 1 atom stereocenters. The number of ether oxygens (including phenoxy) is 1. The van der Waals surface area contributed by atoms with Gasteiger partial charge in [-0.2, -0.15) is 0 Å². The predicted molar refractivity (Wildman–Crippen MR) is 82.2 cm³/mol. The third kappa shape index (κ3) is 5.02. The lowest BCUT2D eigenvalue weighted by atomic mass is 10.2. The summed E-state index contributed by atoms with van der Waals surface area (Å²) in [6.07, 6.45) is 2.85. The second-order valence-electron chi connectivity index (χ2n) is 5.58. The van der Waals surface area contributed by atoms with Crippen molar-refractivity contribution in [2.24, 2.45) is 0 Å². The van der Waals surface area contributed by atoms with E-state index in [0.29, 0.717) is 6.54 Å². The summed E-state index contributed by atoms with van der Waals surface area (Å²) in [6, 6.07) is 3.77. The van der Waals surface area contributed by atoms with Gasteiger partial charge in [-0.05, 0) is 54.9 Å². The number of aromatic nitrogens is 1. The van der Waals surface area contributed by atoms with Gasteiger partial charge in [0.2, 0.25) is 0 Å². The van der Waals surface area contributed by atoms with E-state index in [0.717, 1.165) is 15.9 Å². The Morgan fingerprint density at radius 3 is 2.90 bits per heavy atom. The topological polar surface area (TPSA) is 72.5 Å². The molecule has 0 saturated heterocycles. The summed E-state index contributed by atoms with van der Waals surface area (Å²) >= 11 is 3.34. The number of nitrogens with one attached hydrogen (secondary N) is 2. The van der Waals surface area contributed by atoms with E-state index in [1.165, 1.54) is 0 Å². The van der Waals surface area contributed by atoms with Gasteiger partial charge in [0.1, 0.15) is 11.7 Å². The van der Waals surface area contributed by atoms with Crippen LogP contribution in [0.4, 0.5) is 4.79 Å². The van der Waals surface area contributed by atoms with Gasteiger partial charge in [-0.1, -0.05) is 0 Å². The number of hydroxylamine groups is 1. The molecule has 0 spiro atoms. The number of amides is 1. The summed E-state index contributed by atoms with van der Waals surface area (Å²) in [4.78, 5) is 21.2. The molecule has 0 aromatic carbocycles. The zero-order valence-corrected chi connectivity index (χ0v) is 13.7. The highest BCUT2D eigenvalue weighted by Gasteiger charge is 2.21. The van der Waals surface area contributed by atoms with Crippen LogP contribution >= 0.6 is 15.9 Å². The molecule has 1 aromatic rings. The minimum Gasteiger partial charge on any atom is -0.444 e. The fourth-order valence-corrected chi connectivity index (χ4v) is 1.90. The molecule has 0 radical (unpaired) electrons. The van der Waals surface area contributed by atoms with Crippen LogP contribution in [0.15, 0.2) is 28.9 Å². The standard InChI is InChI=1S/C14H18BrN3O3/c1-14(2,3)20-13(19)17-8-10-6-12(18-21-10)11-5-4-9(15)7-16-11/h4-7,10,18H,8H2,1-3H3,(H,17,19). The van der Waals surface area contributed by atoms with E-state index < -0.39 is 11.7 Å². The van der Waals surface area contributed by atoms with Crippen LogP contribution in [0, 0.1) is 0 Å². The molecule has 1 amide bonds. The molecule has 1 aliphatic rings. The first-order valence-electron chi connectivity index (χ1n) is 6.56. The Morgan fingerprint density at radius 2 is 2.29 bits per heavy atom. The summed E-state index contributed by atoms with van der Waals surface area (Å²) < 4.78 is 6.07. The Labute approximate surface area is 132 Å². The van der Waals surface area contributed by atoms with Crippen LogP contribution in [0.3, 0.4) is 0 Å². The molecule has 21 heavy (non-hydrogen) atoms.